The first-order valence-electron chi connectivity index (χ1n) is 7.29. The molecule has 0 aliphatic carbocycles. The summed E-state index contributed by atoms with van der Waals surface area (Å²) in [6.07, 6.45) is 0. The first-order chi connectivity index (χ1) is 11.9. The lowest BCUT2D eigenvalue weighted by molar-refractivity contribution is -0.385. The van der Waals surface area contributed by atoms with Gasteiger partial charge in [0.15, 0.2) is 12.4 Å². The Kier molecular flexibility index (Phi) is 6.24. The van der Waals surface area contributed by atoms with Crippen LogP contribution >= 0.6 is 15.9 Å². The number of ether oxygens (including phenoxy) is 2. The average Bonchev–Trinajstić information content (AvgIpc) is 2.60. The normalized spacial score (nSPS) is 10.2. The lowest BCUT2D eigenvalue weighted by Crippen LogP contribution is -2.14. The van der Waals surface area contributed by atoms with E-state index in [9.17, 15) is 19.7 Å². The fourth-order valence-electron chi connectivity index (χ4n) is 1.98. The van der Waals surface area contributed by atoms with Gasteiger partial charge in [-0.15, -0.1) is 0 Å². The Bertz CT molecular complexity index is 803. The van der Waals surface area contributed by atoms with Gasteiger partial charge in [0.05, 0.1) is 21.6 Å². The molecule has 0 aliphatic rings. The van der Waals surface area contributed by atoms with Gasteiger partial charge >= 0.3 is 5.97 Å². The summed E-state index contributed by atoms with van der Waals surface area (Å²) in [6, 6.07) is 10.3. The third-order valence-electron chi connectivity index (χ3n) is 3.20. The van der Waals surface area contributed by atoms with E-state index in [0.717, 1.165) is 6.07 Å². The third-order valence-corrected chi connectivity index (χ3v) is 3.87. The van der Waals surface area contributed by atoms with Crippen LogP contribution in [0.3, 0.4) is 0 Å². The molecule has 0 aliphatic heterocycles. The lowest BCUT2D eigenvalue weighted by atomic mass is 10.1. The number of hydrogen-bond acceptors (Lipinski definition) is 6. The first-order valence-corrected chi connectivity index (χ1v) is 8.08. The van der Waals surface area contributed by atoms with Crippen LogP contribution < -0.4 is 4.74 Å². The van der Waals surface area contributed by atoms with E-state index in [1.807, 2.05) is 6.92 Å². The topological polar surface area (TPSA) is 95.7 Å². The number of halogens is 1. The standard InChI is InChI=1S/C17H14BrNO6/c1-2-24-13-6-3-11(4-7-13)16(20)10-25-17(21)12-5-8-14(18)15(9-12)19(22)23/h3-9H,2,10H2,1H3. The van der Waals surface area contributed by atoms with E-state index in [0.29, 0.717) is 17.9 Å². The quantitative estimate of drug-likeness (QED) is 0.299. The van der Waals surface area contributed by atoms with Gasteiger partial charge in [-0.05, 0) is 59.3 Å². The fraction of sp³-hybridized carbons (Fsp3) is 0.176. The van der Waals surface area contributed by atoms with Crippen LogP contribution in [-0.2, 0) is 4.74 Å². The highest BCUT2D eigenvalue weighted by molar-refractivity contribution is 9.10. The number of Topliss-reactive ketones (excluding diaryl/α,β-unsaturated/α-hetero) is 1. The SMILES string of the molecule is CCOc1ccc(C(=O)COC(=O)c2ccc(Br)c([N+](=O)[O-])c2)cc1. The number of nitro benzene ring substituents is 1. The fourth-order valence-corrected chi connectivity index (χ4v) is 2.37. The molecule has 2 aromatic carbocycles. The van der Waals surface area contributed by atoms with Crippen LogP contribution in [0.25, 0.3) is 0 Å². The number of carbonyl (C=O) groups is 2. The molecule has 0 saturated heterocycles. The number of esters is 1. The van der Waals surface area contributed by atoms with Gasteiger partial charge in [-0.1, -0.05) is 0 Å². The number of hydrogen-bond donors (Lipinski definition) is 0. The molecule has 0 saturated carbocycles. The molecule has 0 bridgehead atoms. The molecule has 0 aromatic heterocycles. The Hall–Kier alpha value is -2.74. The van der Waals surface area contributed by atoms with Crippen LogP contribution in [0.5, 0.6) is 5.75 Å². The lowest BCUT2D eigenvalue weighted by Gasteiger charge is -2.06. The van der Waals surface area contributed by atoms with Gasteiger partial charge in [-0.25, -0.2) is 4.79 Å². The van der Waals surface area contributed by atoms with Crippen molar-refractivity contribution in [1.29, 1.82) is 0 Å². The second kappa shape index (κ2) is 8.39. The maximum atomic E-state index is 12.0. The summed E-state index contributed by atoms with van der Waals surface area (Å²) in [5.74, 6) is -0.559. The van der Waals surface area contributed by atoms with Crippen LogP contribution in [0, 0.1) is 10.1 Å². The second-order valence-corrected chi connectivity index (χ2v) is 5.73. The molecule has 0 heterocycles. The van der Waals surface area contributed by atoms with Gasteiger partial charge in [-0.2, -0.15) is 0 Å². The smallest absolute Gasteiger partial charge is 0.338 e. The molecule has 0 amide bonds. The van der Waals surface area contributed by atoms with Gasteiger partial charge in [0.1, 0.15) is 5.75 Å². The summed E-state index contributed by atoms with van der Waals surface area (Å²) < 4.78 is 10.5. The van der Waals surface area contributed by atoms with E-state index >= 15 is 0 Å². The van der Waals surface area contributed by atoms with Crippen LogP contribution in [0.1, 0.15) is 27.6 Å². The maximum Gasteiger partial charge on any atom is 0.338 e. The van der Waals surface area contributed by atoms with Crippen molar-refractivity contribution in [2.45, 2.75) is 6.92 Å². The molecule has 25 heavy (non-hydrogen) atoms. The molecule has 0 radical (unpaired) electrons. The minimum absolute atomic E-state index is 0.00519. The van der Waals surface area contributed by atoms with E-state index in [1.165, 1.54) is 12.1 Å². The molecule has 130 valence electrons. The molecule has 7 nitrogen and oxygen atoms in total. The average molecular weight is 408 g/mol. The number of carbonyl (C=O) groups excluding carboxylic acids is 2. The summed E-state index contributed by atoms with van der Waals surface area (Å²) in [5.41, 5.74) is 0.111. The number of ketones is 1. The minimum atomic E-state index is -0.810. The third kappa shape index (κ3) is 4.87. The summed E-state index contributed by atoms with van der Waals surface area (Å²) in [7, 11) is 0. The second-order valence-electron chi connectivity index (χ2n) is 4.88. The van der Waals surface area contributed by atoms with E-state index in [2.05, 4.69) is 15.9 Å². The van der Waals surface area contributed by atoms with Crippen molar-refractivity contribution in [3.8, 4) is 5.75 Å². The largest absolute Gasteiger partial charge is 0.494 e. The number of benzene rings is 2. The minimum Gasteiger partial charge on any atom is -0.494 e. The van der Waals surface area contributed by atoms with Crippen LogP contribution in [0.2, 0.25) is 0 Å². The maximum absolute atomic E-state index is 12.0. The number of rotatable bonds is 7. The molecular weight excluding hydrogens is 394 g/mol. The molecule has 0 unspecified atom stereocenters. The van der Waals surface area contributed by atoms with Crippen molar-refractivity contribution in [2.24, 2.45) is 0 Å². The van der Waals surface area contributed by atoms with Crippen LogP contribution in [0.15, 0.2) is 46.9 Å². The zero-order valence-electron chi connectivity index (χ0n) is 13.2. The van der Waals surface area contributed by atoms with E-state index in [1.54, 1.807) is 24.3 Å². The van der Waals surface area contributed by atoms with Crippen molar-refractivity contribution in [3.63, 3.8) is 0 Å². The van der Waals surface area contributed by atoms with Crippen LogP contribution in [0.4, 0.5) is 5.69 Å². The molecule has 2 aromatic rings. The Labute approximate surface area is 151 Å². The van der Waals surface area contributed by atoms with E-state index < -0.39 is 17.5 Å². The first kappa shape index (κ1) is 18.6. The van der Waals surface area contributed by atoms with Crippen molar-refractivity contribution >= 4 is 33.4 Å². The Morgan fingerprint density at radius 3 is 2.36 bits per heavy atom. The van der Waals surface area contributed by atoms with Gasteiger partial charge in [0.2, 0.25) is 0 Å². The molecule has 0 atom stereocenters. The van der Waals surface area contributed by atoms with Gasteiger partial charge in [-0.3, -0.25) is 14.9 Å². The number of nitro groups is 1. The zero-order chi connectivity index (χ0) is 18.4. The van der Waals surface area contributed by atoms with Gasteiger partial charge < -0.3 is 9.47 Å². The monoisotopic (exact) mass is 407 g/mol. The Morgan fingerprint density at radius 2 is 1.76 bits per heavy atom. The predicted molar refractivity (Wildman–Crippen MR) is 93.0 cm³/mol. The summed E-state index contributed by atoms with van der Waals surface area (Å²) in [5, 5.41) is 10.9. The van der Waals surface area contributed by atoms with Gasteiger partial charge in [0.25, 0.3) is 5.69 Å². The molecular formula is C17H14BrNO6. The Balaban J connectivity index is 2.00. The molecule has 0 N–H and O–H groups in total. The highest BCUT2D eigenvalue weighted by Crippen LogP contribution is 2.26. The number of nitrogens with zero attached hydrogens (tertiary/aromatic N) is 1. The van der Waals surface area contributed by atoms with Gasteiger partial charge in [0, 0.05) is 11.6 Å². The summed E-state index contributed by atoms with van der Waals surface area (Å²) in [4.78, 5) is 34.3. The van der Waals surface area contributed by atoms with Crippen molar-refractivity contribution in [1.82, 2.24) is 0 Å². The molecule has 0 spiro atoms. The van der Waals surface area contributed by atoms with E-state index in [-0.39, 0.29) is 21.5 Å². The van der Waals surface area contributed by atoms with Crippen molar-refractivity contribution in [2.75, 3.05) is 13.2 Å². The Morgan fingerprint density at radius 1 is 1.12 bits per heavy atom. The van der Waals surface area contributed by atoms with Crippen molar-refractivity contribution in [3.05, 3.63) is 68.2 Å². The molecule has 0 fully saturated rings. The van der Waals surface area contributed by atoms with E-state index in [4.69, 9.17) is 9.47 Å². The highest BCUT2D eigenvalue weighted by atomic mass is 79.9. The predicted octanol–water partition coefficient (Wildman–Crippen LogP) is 3.80. The molecule has 2 rings (SSSR count). The zero-order valence-corrected chi connectivity index (χ0v) is 14.8. The summed E-state index contributed by atoms with van der Waals surface area (Å²) >= 11 is 3.03. The van der Waals surface area contributed by atoms with Crippen LogP contribution in [-0.4, -0.2) is 29.9 Å². The van der Waals surface area contributed by atoms with Crippen molar-refractivity contribution < 1.29 is 24.0 Å². The highest BCUT2D eigenvalue weighted by Gasteiger charge is 2.18. The summed E-state index contributed by atoms with van der Waals surface area (Å²) in [6.45, 7) is 1.91. The molecule has 8 heteroatoms.